The maximum Gasteiger partial charge on any atom is 0.318 e. The largest absolute Gasteiger partial charge is 0.494 e. The lowest BCUT2D eigenvalue weighted by Gasteiger charge is -2.20. The number of methoxy groups -OCH3 is 1. The number of nitrogens with zero attached hydrogens (tertiary/aromatic N) is 1. The minimum atomic E-state index is -0.861. The fourth-order valence-corrected chi connectivity index (χ4v) is 1.87. The second kappa shape index (κ2) is 8.21. The van der Waals surface area contributed by atoms with Crippen LogP contribution in [0.15, 0.2) is 18.2 Å². The zero-order valence-corrected chi connectivity index (χ0v) is 12.2. The summed E-state index contributed by atoms with van der Waals surface area (Å²) in [4.78, 5) is 23.8. The summed E-state index contributed by atoms with van der Waals surface area (Å²) < 4.78 is 18.5. The molecule has 0 spiro atoms. The lowest BCUT2D eigenvalue weighted by molar-refractivity contribution is -0.120. The van der Waals surface area contributed by atoms with Crippen LogP contribution >= 0.6 is 0 Å². The van der Waals surface area contributed by atoms with Crippen molar-refractivity contribution < 1.29 is 18.7 Å². The average Bonchev–Trinajstić information content (AvgIpc) is 2.42. The number of primary amides is 1. The summed E-state index contributed by atoms with van der Waals surface area (Å²) in [5, 5.41) is 2.01. The summed E-state index contributed by atoms with van der Waals surface area (Å²) in [7, 11) is 1.41. The van der Waals surface area contributed by atoms with Crippen LogP contribution < -0.4 is 15.8 Å². The molecule has 6 nitrogen and oxygen atoms in total. The standard InChI is InChI=1S/C14H20FN3O3/c1-3-18(7-6-13(19)17-14(16)20)9-10-4-5-12(21-2)11(15)8-10/h4-5,8H,3,6-7,9H2,1-2H3,(H3,16,17,19,20). The minimum Gasteiger partial charge on any atom is -0.494 e. The first-order chi connectivity index (χ1) is 9.96. The highest BCUT2D eigenvalue weighted by Gasteiger charge is 2.10. The molecule has 0 fully saturated rings. The van der Waals surface area contributed by atoms with Crippen LogP contribution in [0.5, 0.6) is 5.75 Å². The number of benzene rings is 1. The van der Waals surface area contributed by atoms with Gasteiger partial charge in [0.15, 0.2) is 11.6 Å². The molecule has 0 bridgehead atoms. The predicted octanol–water partition coefficient (Wildman–Crippen LogP) is 1.24. The average molecular weight is 297 g/mol. The highest BCUT2D eigenvalue weighted by atomic mass is 19.1. The number of amides is 3. The van der Waals surface area contributed by atoms with E-state index in [1.807, 2.05) is 17.1 Å². The number of nitrogens with two attached hydrogens (primary N) is 1. The summed E-state index contributed by atoms with van der Waals surface area (Å²) >= 11 is 0. The van der Waals surface area contributed by atoms with Crippen LogP contribution in [0.3, 0.4) is 0 Å². The van der Waals surface area contributed by atoms with E-state index in [2.05, 4.69) is 0 Å². The van der Waals surface area contributed by atoms with Crippen LogP contribution in [0.1, 0.15) is 18.9 Å². The Hall–Kier alpha value is -2.15. The van der Waals surface area contributed by atoms with Crippen LogP contribution in [0.4, 0.5) is 9.18 Å². The zero-order chi connectivity index (χ0) is 15.8. The maximum absolute atomic E-state index is 13.6. The Labute approximate surface area is 123 Å². The van der Waals surface area contributed by atoms with E-state index in [0.29, 0.717) is 19.6 Å². The summed E-state index contributed by atoms with van der Waals surface area (Å²) in [6.45, 7) is 3.58. The van der Waals surface area contributed by atoms with E-state index in [4.69, 9.17) is 10.5 Å². The van der Waals surface area contributed by atoms with Gasteiger partial charge in [0.1, 0.15) is 0 Å². The molecule has 0 radical (unpaired) electrons. The Morgan fingerprint density at radius 1 is 1.43 bits per heavy atom. The normalized spacial score (nSPS) is 10.5. The number of carbonyl (C=O) groups excluding carboxylic acids is 2. The number of hydrogen-bond acceptors (Lipinski definition) is 4. The van der Waals surface area contributed by atoms with Crippen LogP contribution in [0.25, 0.3) is 0 Å². The molecule has 3 amide bonds. The van der Waals surface area contributed by atoms with E-state index < -0.39 is 17.8 Å². The number of carbonyl (C=O) groups is 2. The van der Waals surface area contributed by atoms with Crippen LogP contribution in [0.2, 0.25) is 0 Å². The fourth-order valence-electron chi connectivity index (χ4n) is 1.87. The van der Waals surface area contributed by atoms with Gasteiger partial charge in [-0.25, -0.2) is 9.18 Å². The second-order valence-electron chi connectivity index (χ2n) is 4.50. The molecule has 3 N–H and O–H groups in total. The van der Waals surface area contributed by atoms with Gasteiger partial charge < -0.3 is 10.5 Å². The maximum atomic E-state index is 13.6. The molecule has 116 valence electrons. The van der Waals surface area contributed by atoms with E-state index in [1.165, 1.54) is 13.2 Å². The summed E-state index contributed by atoms with van der Waals surface area (Å²) in [6, 6.07) is 3.89. The molecule has 0 aliphatic rings. The van der Waals surface area contributed by atoms with Crippen molar-refractivity contribution in [3.63, 3.8) is 0 Å². The highest BCUT2D eigenvalue weighted by Crippen LogP contribution is 2.18. The predicted molar refractivity (Wildman–Crippen MR) is 76.2 cm³/mol. The lowest BCUT2D eigenvalue weighted by atomic mass is 10.2. The summed E-state index contributed by atoms with van der Waals surface area (Å²) in [6.07, 6.45) is 0.148. The molecule has 1 aromatic rings. The first kappa shape index (κ1) is 16.9. The van der Waals surface area contributed by atoms with Gasteiger partial charge >= 0.3 is 6.03 Å². The summed E-state index contributed by atoms with van der Waals surface area (Å²) in [5.41, 5.74) is 5.64. The molecule has 1 rings (SSSR count). The van der Waals surface area contributed by atoms with Crippen molar-refractivity contribution in [2.45, 2.75) is 19.9 Å². The number of rotatable bonds is 7. The van der Waals surface area contributed by atoms with Gasteiger partial charge in [0.2, 0.25) is 5.91 Å². The smallest absolute Gasteiger partial charge is 0.318 e. The van der Waals surface area contributed by atoms with Crippen molar-refractivity contribution in [2.75, 3.05) is 20.2 Å². The number of imide groups is 1. The van der Waals surface area contributed by atoms with E-state index >= 15 is 0 Å². The molecular formula is C14H20FN3O3. The number of nitrogens with one attached hydrogen (secondary N) is 1. The van der Waals surface area contributed by atoms with Gasteiger partial charge in [0.25, 0.3) is 0 Å². The first-order valence-electron chi connectivity index (χ1n) is 6.60. The van der Waals surface area contributed by atoms with E-state index in [1.54, 1.807) is 12.1 Å². The van der Waals surface area contributed by atoms with Crippen LogP contribution in [-0.4, -0.2) is 37.0 Å². The topological polar surface area (TPSA) is 84.7 Å². The van der Waals surface area contributed by atoms with Crippen molar-refractivity contribution in [3.05, 3.63) is 29.6 Å². The summed E-state index contributed by atoms with van der Waals surface area (Å²) in [5.74, 6) is -0.651. The monoisotopic (exact) mass is 297 g/mol. The molecule has 0 unspecified atom stereocenters. The van der Waals surface area contributed by atoms with Gasteiger partial charge in [-0.3, -0.25) is 15.0 Å². The minimum absolute atomic E-state index is 0.148. The molecule has 0 atom stereocenters. The Morgan fingerprint density at radius 3 is 2.67 bits per heavy atom. The third-order valence-corrected chi connectivity index (χ3v) is 2.99. The first-order valence-corrected chi connectivity index (χ1v) is 6.60. The Balaban J connectivity index is 2.55. The lowest BCUT2D eigenvalue weighted by Crippen LogP contribution is -2.37. The third kappa shape index (κ3) is 5.78. The molecule has 0 aliphatic carbocycles. The van der Waals surface area contributed by atoms with E-state index in [9.17, 15) is 14.0 Å². The zero-order valence-electron chi connectivity index (χ0n) is 12.2. The van der Waals surface area contributed by atoms with Crippen LogP contribution in [-0.2, 0) is 11.3 Å². The van der Waals surface area contributed by atoms with Crippen molar-refractivity contribution >= 4 is 11.9 Å². The highest BCUT2D eigenvalue weighted by molar-refractivity contribution is 5.93. The Bertz CT molecular complexity index is 508. The molecule has 0 aromatic heterocycles. The number of urea groups is 1. The van der Waals surface area contributed by atoms with Gasteiger partial charge in [-0.2, -0.15) is 0 Å². The van der Waals surface area contributed by atoms with E-state index in [-0.39, 0.29) is 12.2 Å². The Kier molecular flexibility index (Phi) is 6.61. The number of ether oxygens (including phenoxy) is 1. The van der Waals surface area contributed by atoms with Gasteiger partial charge in [0.05, 0.1) is 7.11 Å². The van der Waals surface area contributed by atoms with Gasteiger partial charge in [-0.1, -0.05) is 13.0 Å². The number of hydrogen-bond donors (Lipinski definition) is 2. The van der Waals surface area contributed by atoms with Gasteiger partial charge in [-0.05, 0) is 24.2 Å². The fraction of sp³-hybridized carbons (Fsp3) is 0.429. The van der Waals surface area contributed by atoms with Crippen LogP contribution in [0, 0.1) is 5.82 Å². The number of halogens is 1. The second-order valence-corrected chi connectivity index (χ2v) is 4.50. The molecule has 7 heteroatoms. The molecular weight excluding hydrogens is 277 g/mol. The van der Waals surface area contributed by atoms with Gasteiger partial charge in [-0.15, -0.1) is 0 Å². The Morgan fingerprint density at radius 2 is 2.14 bits per heavy atom. The van der Waals surface area contributed by atoms with Crippen molar-refractivity contribution in [1.29, 1.82) is 0 Å². The van der Waals surface area contributed by atoms with Crippen molar-refractivity contribution in [2.24, 2.45) is 5.73 Å². The molecule has 0 heterocycles. The molecule has 0 aliphatic heterocycles. The van der Waals surface area contributed by atoms with Crippen molar-refractivity contribution in [3.8, 4) is 5.75 Å². The quantitative estimate of drug-likeness (QED) is 0.793. The molecule has 0 saturated carbocycles. The van der Waals surface area contributed by atoms with Crippen molar-refractivity contribution in [1.82, 2.24) is 10.2 Å². The van der Waals surface area contributed by atoms with Gasteiger partial charge in [0, 0.05) is 19.5 Å². The third-order valence-electron chi connectivity index (χ3n) is 2.99. The SMILES string of the molecule is CCN(CCC(=O)NC(N)=O)Cc1ccc(OC)c(F)c1. The molecule has 1 aromatic carbocycles. The molecule has 21 heavy (non-hydrogen) atoms. The van der Waals surface area contributed by atoms with E-state index in [0.717, 1.165) is 5.56 Å². The molecule has 0 saturated heterocycles.